The predicted octanol–water partition coefficient (Wildman–Crippen LogP) is 1.27. The Morgan fingerprint density at radius 2 is 2.06 bits per heavy atom. The molecule has 2 aromatic rings. The molecule has 0 unspecified atom stereocenters. The van der Waals surface area contributed by atoms with Crippen LogP contribution in [0, 0.1) is 0 Å². The van der Waals surface area contributed by atoms with Gasteiger partial charge >= 0.3 is 5.97 Å². The highest BCUT2D eigenvalue weighted by molar-refractivity contribution is 5.90. The summed E-state index contributed by atoms with van der Waals surface area (Å²) in [5.41, 5.74) is 1.27. The van der Waals surface area contributed by atoms with Gasteiger partial charge in [0, 0.05) is 25.6 Å². The molecular formula is C11H11N3O2. The van der Waals surface area contributed by atoms with E-state index in [2.05, 4.69) is 14.7 Å². The van der Waals surface area contributed by atoms with Gasteiger partial charge in [0.1, 0.15) is 0 Å². The summed E-state index contributed by atoms with van der Waals surface area (Å²) in [6.45, 7) is 0. The summed E-state index contributed by atoms with van der Waals surface area (Å²) in [6.07, 6.45) is 5.01. The van der Waals surface area contributed by atoms with Gasteiger partial charge in [-0.15, -0.1) is 0 Å². The first kappa shape index (κ1) is 10.4. The number of methoxy groups -OCH3 is 1. The Kier molecular flexibility index (Phi) is 2.68. The summed E-state index contributed by atoms with van der Waals surface area (Å²) < 4.78 is 6.44. The first-order chi connectivity index (χ1) is 7.72. The minimum Gasteiger partial charge on any atom is -0.465 e. The van der Waals surface area contributed by atoms with Crippen LogP contribution in [-0.4, -0.2) is 27.6 Å². The van der Waals surface area contributed by atoms with E-state index in [-0.39, 0.29) is 5.97 Å². The number of hydrogen-bond donors (Lipinski definition) is 0. The summed E-state index contributed by atoms with van der Waals surface area (Å²) in [4.78, 5) is 19.6. The maximum absolute atomic E-state index is 11.3. The van der Waals surface area contributed by atoms with E-state index in [0.29, 0.717) is 11.4 Å². The summed E-state index contributed by atoms with van der Waals surface area (Å²) in [5, 5.41) is 0. The second-order valence-corrected chi connectivity index (χ2v) is 3.29. The van der Waals surface area contributed by atoms with Crippen LogP contribution in [-0.2, 0) is 11.8 Å². The standard InChI is InChI=1S/C11H11N3O2/c1-14-7-8(11(15)16-2)6-9(14)10-12-4-3-5-13-10/h3-7H,1-2H3. The van der Waals surface area contributed by atoms with Crippen molar-refractivity contribution in [1.29, 1.82) is 0 Å². The van der Waals surface area contributed by atoms with Gasteiger partial charge in [-0.05, 0) is 12.1 Å². The van der Waals surface area contributed by atoms with Gasteiger partial charge in [0.2, 0.25) is 0 Å². The van der Waals surface area contributed by atoms with Crippen LogP contribution >= 0.6 is 0 Å². The minimum atomic E-state index is -0.363. The molecule has 16 heavy (non-hydrogen) atoms. The van der Waals surface area contributed by atoms with Gasteiger partial charge in [0.25, 0.3) is 0 Å². The molecule has 2 aromatic heterocycles. The van der Waals surface area contributed by atoms with Gasteiger partial charge in [-0.1, -0.05) is 0 Å². The zero-order chi connectivity index (χ0) is 11.5. The molecule has 0 N–H and O–H groups in total. The summed E-state index contributed by atoms with van der Waals surface area (Å²) in [5.74, 6) is 0.220. The molecule has 0 radical (unpaired) electrons. The molecule has 0 aromatic carbocycles. The van der Waals surface area contributed by atoms with Gasteiger partial charge in [0.15, 0.2) is 5.82 Å². The zero-order valence-corrected chi connectivity index (χ0v) is 9.04. The van der Waals surface area contributed by atoms with Gasteiger partial charge in [-0.25, -0.2) is 14.8 Å². The van der Waals surface area contributed by atoms with Gasteiger partial charge < -0.3 is 9.30 Å². The predicted molar refractivity (Wildman–Crippen MR) is 57.8 cm³/mol. The lowest BCUT2D eigenvalue weighted by molar-refractivity contribution is 0.0601. The van der Waals surface area contributed by atoms with Crippen molar-refractivity contribution in [1.82, 2.24) is 14.5 Å². The molecule has 2 rings (SSSR count). The van der Waals surface area contributed by atoms with E-state index >= 15 is 0 Å². The molecule has 0 spiro atoms. The maximum atomic E-state index is 11.3. The summed E-state index contributed by atoms with van der Waals surface area (Å²) in [7, 11) is 3.19. The van der Waals surface area contributed by atoms with E-state index < -0.39 is 0 Å². The van der Waals surface area contributed by atoms with Crippen molar-refractivity contribution in [2.24, 2.45) is 7.05 Å². The normalized spacial score (nSPS) is 10.1. The van der Waals surface area contributed by atoms with E-state index in [1.165, 1.54) is 7.11 Å². The molecule has 0 atom stereocenters. The third kappa shape index (κ3) is 1.79. The monoisotopic (exact) mass is 217 g/mol. The highest BCUT2D eigenvalue weighted by Gasteiger charge is 2.13. The van der Waals surface area contributed by atoms with Crippen LogP contribution in [0.25, 0.3) is 11.5 Å². The van der Waals surface area contributed by atoms with Crippen LogP contribution in [0.1, 0.15) is 10.4 Å². The van der Waals surface area contributed by atoms with Crippen LogP contribution in [0.4, 0.5) is 0 Å². The SMILES string of the molecule is COC(=O)c1cc(-c2ncccn2)n(C)c1. The second-order valence-electron chi connectivity index (χ2n) is 3.29. The molecule has 0 saturated carbocycles. The van der Waals surface area contributed by atoms with E-state index in [9.17, 15) is 4.79 Å². The number of carbonyl (C=O) groups is 1. The van der Waals surface area contributed by atoms with Crippen molar-refractivity contribution in [2.75, 3.05) is 7.11 Å². The number of nitrogens with zero attached hydrogens (tertiary/aromatic N) is 3. The van der Waals surface area contributed by atoms with E-state index in [0.717, 1.165) is 5.69 Å². The Morgan fingerprint density at radius 3 is 2.69 bits per heavy atom. The Labute approximate surface area is 92.7 Å². The minimum absolute atomic E-state index is 0.363. The fraction of sp³-hybridized carbons (Fsp3) is 0.182. The smallest absolute Gasteiger partial charge is 0.339 e. The molecule has 5 heteroatoms. The van der Waals surface area contributed by atoms with E-state index in [4.69, 9.17) is 0 Å². The summed E-state index contributed by atoms with van der Waals surface area (Å²) in [6, 6.07) is 3.45. The van der Waals surface area contributed by atoms with Crippen molar-refractivity contribution < 1.29 is 9.53 Å². The number of aromatic nitrogens is 3. The number of hydrogen-bond acceptors (Lipinski definition) is 4. The molecular weight excluding hydrogens is 206 g/mol. The number of ether oxygens (including phenoxy) is 1. The lowest BCUT2D eigenvalue weighted by Gasteiger charge is -1.99. The number of rotatable bonds is 2. The van der Waals surface area contributed by atoms with Crippen molar-refractivity contribution >= 4 is 5.97 Å². The molecule has 82 valence electrons. The van der Waals surface area contributed by atoms with Crippen molar-refractivity contribution in [3.05, 3.63) is 36.3 Å². The molecule has 0 saturated heterocycles. The van der Waals surface area contributed by atoms with Crippen LogP contribution < -0.4 is 0 Å². The maximum Gasteiger partial charge on any atom is 0.339 e. The van der Waals surface area contributed by atoms with Crippen LogP contribution in [0.5, 0.6) is 0 Å². The molecule has 0 bridgehead atoms. The molecule has 0 fully saturated rings. The Bertz CT molecular complexity index is 505. The van der Waals surface area contributed by atoms with Crippen LogP contribution in [0.2, 0.25) is 0 Å². The Balaban J connectivity index is 2.44. The van der Waals surface area contributed by atoms with Crippen molar-refractivity contribution in [3.8, 4) is 11.5 Å². The van der Waals surface area contributed by atoms with Crippen molar-refractivity contribution in [2.45, 2.75) is 0 Å². The molecule has 0 aliphatic rings. The fourth-order valence-electron chi connectivity index (χ4n) is 1.45. The molecule has 0 aliphatic carbocycles. The average Bonchev–Trinajstić information content (AvgIpc) is 2.71. The lowest BCUT2D eigenvalue weighted by atomic mass is 10.3. The highest BCUT2D eigenvalue weighted by Crippen LogP contribution is 2.17. The third-order valence-corrected chi connectivity index (χ3v) is 2.22. The quantitative estimate of drug-likeness (QED) is 0.711. The van der Waals surface area contributed by atoms with Crippen molar-refractivity contribution in [3.63, 3.8) is 0 Å². The van der Waals surface area contributed by atoms with Crippen LogP contribution in [0.3, 0.4) is 0 Å². The molecule has 0 amide bonds. The van der Waals surface area contributed by atoms with Gasteiger partial charge in [-0.2, -0.15) is 0 Å². The zero-order valence-electron chi connectivity index (χ0n) is 9.04. The second kappa shape index (κ2) is 4.14. The molecule has 0 aliphatic heterocycles. The van der Waals surface area contributed by atoms with E-state index in [1.54, 1.807) is 35.3 Å². The largest absolute Gasteiger partial charge is 0.465 e. The average molecular weight is 217 g/mol. The first-order valence-corrected chi connectivity index (χ1v) is 4.74. The Hall–Kier alpha value is -2.17. The first-order valence-electron chi connectivity index (χ1n) is 4.74. The number of carbonyl (C=O) groups excluding carboxylic acids is 1. The van der Waals surface area contributed by atoms with Gasteiger partial charge in [-0.3, -0.25) is 0 Å². The molecule has 2 heterocycles. The van der Waals surface area contributed by atoms with E-state index in [1.807, 2.05) is 7.05 Å². The highest BCUT2D eigenvalue weighted by atomic mass is 16.5. The molecule has 5 nitrogen and oxygen atoms in total. The third-order valence-electron chi connectivity index (χ3n) is 2.22. The number of esters is 1. The van der Waals surface area contributed by atoms with Crippen LogP contribution in [0.15, 0.2) is 30.7 Å². The summed E-state index contributed by atoms with van der Waals surface area (Å²) >= 11 is 0. The van der Waals surface area contributed by atoms with Gasteiger partial charge in [0.05, 0.1) is 18.4 Å². The lowest BCUT2D eigenvalue weighted by Crippen LogP contribution is -1.98. The fourth-order valence-corrected chi connectivity index (χ4v) is 1.45. The Morgan fingerprint density at radius 1 is 1.38 bits per heavy atom. The topological polar surface area (TPSA) is 57.0 Å². The number of aryl methyl sites for hydroxylation is 1.